The highest BCUT2D eigenvalue weighted by molar-refractivity contribution is 6.30. The summed E-state index contributed by atoms with van der Waals surface area (Å²) in [7, 11) is 0. The summed E-state index contributed by atoms with van der Waals surface area (Å²) in [5.74, 6) is -0.772. The van der Waals surface area contributed by atoms with E-state index < -0.39 is 6.04 Å². The summed E-state index contributed by atoms with van der Waals surface area (Å²) in [6, 6.07) is 19.6. The van der Waals surface area contributed by atoms with Gasteiger partial charge in [0.25, 0.3) is 0 Å². The third kappa shape index (κ3) is 4.78. The molecule has 0 radical (unpaired) electrons. The molecule has 0 saturated heterocycles. The van der Waals surface area contributed by atoms with Crippen LogP contribution in [0.2, 0.25) is 5.02 Å². The summed E-state index contributed by atoms with van der Waals surface area (Å²) < 4.78 is 0. The summed E-state index contributed by atoms with van der Waals surface area (Å²) in [5.41, 5.74) is 3.42. The molecule has 0 spiro atoms. The molecule has 0 atom stereocenters. The van der Waals surface area contributed by atoms with Crippen LogP contribution >= 0.6 is 11.6 Å². The number of hydrogen-bond acceptors (Lipinski definition) is 4. The molecule has 0 aromatic heterocycles. The molecule has 0 bridgehead atoms. The Labute approximate surface area is 168 Å². The van der Waals surface area contributed by atoms with Crippen molar-refractivity contribution in [1.82, 2.24) is 0 Å². The first-order chi connectivity index (χ1) is 13.4. The van der Waals surface area contributed by atoms with E-state index in [2.05, 4.69) is 10.2 Å². The van der Waals surface area contributed by atoms with Crippen LogP contribution in [0.5, 0.6) is 0 Å². The molecule has 0 unspecified atom stereocenters. The molecule has 3 rings (SSSR count). The minimum Gasteiger partial charge on any atom is -0.291 e. The van der Waals surface area contributed by atoms with Gasteiger partial charge in [-0.05, 0) is 38.1 Å². The van der Waals surface area contributed by atoms with E-state index in [4.69, 9.17) is 11.6 Å². The van der Waals surface area contributed by atoms with Gasteiger partial charge < -0.3 is 0 Å². The second-order valence-corrected chi connectivity index (χ2v) is 6.99. The van der Waals surface area contributed by atoms with Gasteiger partial charge in [0.1, 0.15) is 0 Å². The van der Waals surface area contributed by atoms with Crippen molar-refractivity contribution in [1.29, 1.82) is 0 Å². The number of hydrogen-bond donors (Lipinski definition) is 0. The smallest absolute Gasteiger partial charge is 0.197 e. The van der Waals surface area contributed by atoms with Crippen LogP contribution in [0.3, 0.4) is 0 Å². The zero-order chi connectivity index (χ0) is 20.1. The van der Waals surface area contributed by atoms with Gasteiger partial charge in [0, 0.05) is 16.1 Å². The second-order valence-electron chi connectivity index (χ2n) is 6.55. The first-order valence-corrected chi connectivity index (χ1v) is 9.20. The molecule has 0 aliphatic carbocycles. The monoisotopic (exact) mass is 390 g/mol. The van der Waals surface area contributed by atoms with Gasteiger partial charge in [-0.2, -0.15) is 10.2 Å². The maximum absolute atomic E-state index is 13.0. The van der Waals surface area contributed by atoms with Crippen molar-refractivity contribution in [2.75, 3.05) is 0 Å². The predicted octanol–water partition coefficient (Wildman–Crippen LogP) is 6.17. The molecular formula is C23H19ClN2O2. The van der Waals surface area contributed by atoms with Gasteiger partial charge in [-0.25, -0.2) is 0 Å². The molecule has 0 aliphatic heterocycles. The molecule has 3 aromatic carbocycles. The highest BCUT2D eigenvalue weighted by Gasteiger charge is 2.28. The van der Waals surface area contributed by atoms with Gasteiger partial charge >= 0.3 is 0 Å². The van der Waals surface area contributed by atoms with Gasteiger partial charge in [0.05, 0.1) is 5.69 Å². The standard InChI is InChI=1S/C23H19ClN2O2/c1-15-3-7-17(8-4-15)22(27)21(23(28)18-9-5-16(2)6-10-18)26-25-20-13-11-19(24)12-14-20/h3-14,21H,1-2H3. The second kappa shape index (κ2) is 8.72. The fourth-order valence-corrected chi connectivity index (χ4v) is 2.73. The minimum absolute atomic E-state index is 0.386. The summed E-state index contributed by atoms with van der Waals surface area (Å²) in [5, 5.41) is 8.78. The number of Topliss-reactive ketones (excluding diaryl/α,β-unsaturated/α-hetero) is 2. The zero-order valence-electron chi connectivity index (χ0n) is 15.6. The van der Waals surface area contributed by atoms with Gasteiger partial charge in [-0.1, -0.05) is 71.3 Å². The van der Waals surface area contributed by atoms with E-state index in [0.29, 0.717) is 21.8 Å². The van der Waals surface area contributed by atoms with Crippen LogP contribution in [-0.2, 0) is 0 Å². The van der Waals surface area contributed by atoms with Crippen molar-refractivity contribution in [3.63, 3.8) is 0 Å². The maximum Gasteiger partial charge on any atom is 0.197 e. The first-order valence-electron chi connectivity index (χ1n) is 8.82. The molecule has 0 N–H and O–H groups in total. The number of azo groups is 1. The number of nitrogens with zero attached hydrogens (tertiary/aromatic N) is 2. The fraction of sp³-hybridized carbons (Fsp3) is 0.130. The highest BCUT2D eigenvalue weighted by Crippen LogP contribution is 2.20. The van der Waals surface area contributed by atoms with Gasteiger partial charge in [-0.3, -0.25) is 9.59 Å². The van der Waals surface area contributed by atoms with Crippen LogP contribution in [0, 0.1) is 13.8 Å². The predicted molar refractivity (Wildman–Crippen MR) is 111 cm³/mol. The molecular weight excluding hydrogens is 372 g/mol. The van der Waals surface area contributed by atoms with Gasteiger partial charge in [0.2, 0.25) is 0 Å². The molecule has 0 fully saturated rings. The van der Waals surface area contributed by atoms with E-state index in [1.807, 2.05) is 38.1 Å². The number of benzene rings is 3. The van der Waals surface area contributed by atoms with Crippen molar-refractivity contribution < 1.29 is 9.59 Å². The normalized spacial score (nSPS) is 11.1. The lowest BCUT2D eigenvalue weighted by Gasteiger charge is -2.10. The maximum atomic E-state index is 13.0. The average Bonchev–Trinajstić information content (AvgIpc) is 2.70. The van der Waals surface area contributed by atoms with Crippen LogP contribution in [-0.4, -0.2) is 17.6 Å². The van der Waals surface area contributed by atoms with Crippen molar-refractivity contribution >= 4 is 28.9 Å². The van der Waals surface area contributed by atoms with Crippen LogP contribution < -0.4 is 0 Å². The van der Waals surface area contributed by atoms with E-state index in [-0.39, 0.29) is 11.6 Å². The van der Waals surface area contributed by atoms with E-state index in [1.165, 1.54) is 0 Å². The van der Waals surface area contributed by atoms with Crippen LogP contribution in [0.1, 0.15) is 31.8 Å². The van der Waals surface area contributed by atoms with Crippen molar-refractivity contribution in [2.24, 2.45) is 10.2 Å². The molecule has 28 heavy (non-hydrogen) atoms. The molecule has 3 aromatic rings. The Morgan fingerprint density at radius 2 is 1.14 bits per heavy atom. The van der Waals surface area contributed by atoms with Crippen molar-refractivity contribution in [3.8, 4) is 0 Å². The first kappa shape index (κ1) is 19.6. The number of carbonyl (C=O) groups excluding carboxylic acids is 2. The largest absolute Gasteiger partial charge is 0.291 e. The summed E-state index contributed by atoms with van der Waals surface area (Å²) >= 11 is 5.88. The zero-order valence-corrected chi connectivity index (χ0v) is 16.4. The highest BCUT2D eigenvalue weighted by atomic mass is 35.5. The SMILES string of the molecule is Cc1ccc(C(=O)C(N=Nc2ccc(Cl)cc2)C(=O)c2ccc(C)cc2)cc1. The lowest BCUT2D eigenvalue weighted by molar-refractivity contribution is 0.0861. The van der Waals surface area contributed by atoms with Gasteiger partial charge in [-0.15, -0.1) is 0 Å². The Bertz CT molecular complexity index is 950. The molecule has 4 nitrogen and oxygen atoms in total. The Balaban J connectivity index is 1.95. The van der Waals surface area contributed by atoms with Crippen LogP contribution in [0.15, 0.2) is 83.0 Å². The summed E-state index contributed by atoms with van der Waals surface area (Å²) in [4.78, 5) is 26.0. The van der Waals surface area contributed by atoms with E-state index in [9.17, 15) is 9.59 Å². The third-order valence-corrected chi connectivity index (χ3v) is 4.54. The van der Waals surface area contributed by atoms with Crippen molar-refractivity contribution in [3.05, 3.63) is 100 Å². The summed E-state index contributed by atoms with van der Waals surface area (Å²) in [6.45, 7) is 3.87. The van der Waals surface area contributed by atoms with Crippen LogP contribution in [0.25, 0.3) is 0 Å². The van der Waals surface area contributed by atoms with Crippen LogP contribution in [0.4, 0.5) is 5.69 Å². The number of ketones is 2. The molecule has 140 valence electrons. The van der Waals surface area contributed by atoms with E-state index in [1.54, 1.807) is 48.5 Å². The average molecular weight is 391 g/mol. The number of rotatable bonds is 6. The van der Waals surface area contributed by atoms with E-state index >= 15 is 0 Å². The Hall–Kier alpha value is -3.11. The number of carbonyl (C=O) groups is 2. The quantitative estimate of drug-likeness (QED) is 0.287. The molecule has 0 heterocycles. The minimum atomic E-state index is -1.25. The molecule has 0 aliphatic rings. The fourth-order valence-electron chi connectivity index (χ4n) is 2.61. The lowest BCUT2D eigenvalue weighted by atomic mass is 9.96. The topological polar surface area (TPSA) is 58.9 Å². The Morgan fingerprint density at radius 3 is 1.57 bits per heavy atom. The molecule has 0 saturated carbocycles. The third-order valence-electron chi connectivity index (χ3n) is 4.28. The molecule has 0 amide bonds. The van der Waals surface area contributed by atoms with Gasteiger partial charge in [0.15, 0.2) is 17.6 Å². The van der Waals surface area contributed by atoms with Crippen molar-refractivity contribution in [2.45, 2.75) is 19.9 Å². The van der Waals surface area contributed by atoms with E-state index in [0.717, 1.165) is 11.1 Å². The Kier molecular flexibility index (Phi) is 6.12. The number of halogens is 1. The molecule has 5 heteroatoms. The number of aryl methyl sites for hydroxylation is 2. The Morgan fingerprint density at radius 1 is 0.714 bits per heavy atom. The lowest BCUT2D eigenvalue weighted by Crippen LogP contribution is -2.28. The summed E-state index contributed by atoms with van der Waals surface area (Å²) in [6.07, 6.45) is 0.